The van der Waals surface area contributed by atoms with E-state index < -0.39 is 0 Å². The van der Waals surface area contributed by atoms with Crippen molar-refractivity contribution in [1.29, 1.82) is 0 Å². The molecule has 4 nitrogen and oxygen atoms in total. The van der Waals surface area contributed by atoms with Gasteiger partial charge in [0.05, 0.1) is 13.2 Å². The van der Waals surface area contributed by atoms with Gasteiger partial charge in [0.1, 0.15) is 5.75 Å². The number of hydrogen-bond acceptors (Lipinski definition) is 4. The standard InChI is InChI=1S/C13H21NO3/c1-10(13(16-3)17-4)14-9-11-7-5-6-8-12(11)15-2/h5-8,10,13-14H,9H2,1-4H3. The lowest BCUT2D eigenvalue weighted by Gasteiger charge is -2.22. The Morgan fingerprint density at radius 2 is 1.76 bits per heavy atom. The quantitative estimate of drug-likeness (QED) is 0.736. The van der Waals surface area contributed by atoms with Crippen LogP contribution in [0.25, 0.3) is 0 Å². The normalized spacial score (nSPS) is 12.8. The van der Waals surface area contributed by atoms with E-state index in [2.05, 4.69) is 5.32 Å². The molecule has 0 amide bonds. The Balaban J connectivity index is 2.54. The fourth-order valence-electron chi connectivity index (χ4n) is 1.72. The lowest BCUT2D eigenvalue weighted by Crippen LogP contribution is -2.39. The van der Waals surface area contributed by atoms with Crippen LogP contribution in [-0.2, 0) is 16.0 Å². The summed E-state index contributed by atoms with van der Waals surface area (Å²) in [6, 6.07) is 8.04. The van der Waals surface area contributed by atoms with Crippen LogP contribution in [0.4, 0.5) is 0 Å². The van der Waals surface area contributed by atoms with Crippen LogP contribution in [0.15, 0.2) is 24.3 Å². The molecule has 0 aromatic heterocycles. The number of hydrogen-bond donors (Lipinski definition) is 1. The van der Waals surface area contributed by atoms with E-state index in [0.717, 1.165) is 11.3 Å². The smallest absolute Gasteiger partial charge is 0.171 e. The zero-order valence-corrected chi connectivity index (χ0v) is 10.9. The summed E-state index contributed by atoms with van der Waals surface area (Å²) < 4.78 is 15.7. The second kappa shape index (κ2) is 7.27. The van der Waals surface area contributed by atoms with Crippen molar-refractivity contribution in [2.75, 3.05) is 21.3 Å². The summed E-state index contributed by atoms with van der Waals surface area (Å²) in [7, 11) is 4.94. The maximum absolute atomic E-state index is 5.29. The zero-order valence-electron chi connectivity index (χ0n) is 10.9. The topological polar surface area (TPSA) is 39.7 Å². The molecule has 0 fully saturated rings. The van der Waals surface area contributed by atoms with Crippen molar-refractivity contribution in [3.05, 3.63) is 29.8 Å². The third-order valence-corrected chi connectivity index (χ3v) is 2.68. The Hall–Kier alpha value is -1.10. The van der Waals surface area contributed by atoms with E-state index >= 15 is 0 Å². The molecular weight excluding hydrogens is 218 g/mol. The molecule has 0 aliphatic carbocycles. The number of ether oxygens (including phenoxy) is 3. The van der Waals surface area contributed by atoms with Crippen LogP contribution in [0, 0.1) is 0 Å². The molecule has 1 rings (SSSR count). The number of para-hydroxylation sites is 1. The van der Waals surface area contributed by atoms with Crippen molar-refractivity contribution in [2.45, 2.75) is 25.8 Å². The average Bonchev–Trinajstić information content (AvgIpc) is 2.38. The Morgan fingerprint density at radius 1 is 1.12 bits per heavy atom. The fraction of sp³-hybridized carbons (Fsp3) is 0.538. The summed E-state index contributed by atoms with van der Waals surface area (Å²) in [5, 5.41) is 3.35. The van der Waals surface area contributed by atoms with E-state index in [1.54, 1.807) is 21.3 Å². The lowest BCUT2D eigenvalue weighted by atomic mass is 10.2. The minimum Gasteiger partial charge on any atom is -0.496 e. The Labute approximate surface area is 103 Å². The molecular formula is C13H21NO3. The minimum atomic E-state index is -0.246. The van der Waals surface area contributed by atoms with Crippen molar-refractivity contribution in [2.24, 2.45) is 0 Å². The van der Waals surface area contributed by atoms with Gasteiger partial charge in [0, 0.05) is 26.3 Å². The lowest BCUT2D eigenvalue weighted by molar-refractivity contribution is -0.119. The van der Waals surface area contributed by atoms with Gasteiger partial charge >= 0.3 is 0 Å². The number of rotatable bonds is 7. The van der Waals surface area contributed by atoms with Gasteiger partial charge in [0.25, 0.3) is 0 Å². The van der Waals surface area contributed by atoms with Crippen LogP contribution >= 0.6 is 0 Å². The first-order chi connectivity index (χ1) is 8.22. The highest BCUT2D eigenvalue weighted by Gasteiger charge is 2.15. The second-order valence-corrected chi connectivity index (χ2v) is 3.82. The molecule has 0 aliphatic heterocycles. The molecule has 1 aromatic carbocycles. The molecule has 1 unspecified atom stereocenters. The minimum absolute atomic E-state index is 0.106. The van der Waals surface area contributed by atoms with E-state index in [0.29, 0.717) is 6.54 Å². The third kappa shape index (κ3) is 4.00. The molecule has 96 valence electrons. The highest BCUT2D eigenvalue weighted by atomic mass is 16.7. The predicted octanol–water partition coefficient (Wildman–Crippen LogP) is 1.79. The van der Waals surface area contributed by atoms with Crippen molar-refractivity contribution in [3.63, 3.8) is 0 Å². The van der Waals surface area contributed by atoms with E-state index in [1.165, 1.54) is 0 Å². The molecule has 0 radical (unpaired) electrons. The van der Waals surface area contributed by atoms with Crippen LogP contribution < -0.4 is 10.1 Å². The maximum Gasteiger partial charge on any atom is 0.171 e. The molecule has 0 aliphatic rings. The molecule has 4 heteroatoms. The molecule has 0 spiro atoms. The van der Waals surface area contributed by atoms with Crippen LogP contribution in [0.1, 0.15) is 12.5 Å². The summed E-state index contributed by atoms with van der Waals surface area (Å²) in [6.07, 6.45) is -0.246. The summed E-state index contributed by atoms with van der Waals surface area (Å²) >= 11 is 0. The SMILES string of the molecule is COc1ccccc1CNC(C)C(OC)OC. The average molecular weight is 239 g/mol. The monoisotopic (exact) mass is 239 g/mol. The second-order valence-electron chi connectivity index (χ2n) is 3.82. The van der Waals surface area contributed by atoms with Crippen LogP contribution in [0.3, 0.4) is 0 Å². The Bertz CT molecular complexity index is 326. The molecule has 1 N–H and O–H groups in total. The highest BCUT2D eigenvalue weighted by Crippen LogP contribution is 2.17. The highest BCUT2D eigenvalue weighted by molar-refractivity contribution is 5.32. The molecule has 0 heterocycles. The fourth-order valence-corrected chi connectivity index (χ4v) is 1.72. The van der Waals surface area contributed by atoms with Gasteiger partial charge in [-0.15, -0.1) is 0 Å². The first-order valence-corrected chi connectivity index (χ1v) is 5.63. The van der Waals surface area contributed by atoms with Gasteiger partial charge in [-0.05, 0) is 13.0 Å². The number of methoxy groups -OCH3 is 3. The largest absolute Gasteiger partial charge is 0.496 e. The van der Waals surface area contributed by atoms with Crippen LogP contribution in [0.2, 0.25) is 0 Å². The predicted molar refractivity (Wildman–Crippen MR) is 67.1 cm³/mol. The van der Waals surface area contributed by atoms with Gasteiger partial charge in [-0.2, -0.15) is 0 Å². The van der Waals surface area contributed by atoms with Gasteiger partial charge in [-0.1, -0.05) is 18.2 Å². The summed E-state index contributed by atoms with van der Waals surface area (Å²) in [4.78, 5) is 0. The van der Waals surface area contributed by atoms with Crippen molar-refractivity contribution in [1.82, 2.24) is 5.32 Å². The van der Waals surface area contributed by atoms with Gasteiger partial charge in [0.15, 0.2) is 6.29 Å². The van der Waals surface area contributed by atoms with Crippen LogP contribution in [0.5, 0.6) is 5.75 Å². The van der Waals surface area contributed by atoms with E-state index in [9.17, 15) is 0 Å². The summed E-state index contributed by atoms with van der Waals surface area (Å²) in [5.74, 6) is 0.888. The molecule has 0 saturated heterocycles. The third-order valence-electron chi connectivity index (χ3n) is 2.68. The van der Waals surface area contributed by atoms with Gasteiger partial charge < -0.3 is 19.5 Å². The maximum atomic E-state index is 5.29. The molecule has 17 heavy (non-hydrogen) atoms. The Morgan fingerprint density at radius 3 is 2.35 bits per heavy atom. The zero-order chi connectivity index (χ0) is 12.7. The molecule has 0 bridgehead atoms. The van der Waals surface area contributed by atoms with Crippen molar-refractivity contribution >= 4 is 0 Å². The van der Waals surface area contributed by atoms with E-state index in [-0.39, 0.29) is 12.3 Å². The summed E-state index contributed by atoms with van der Waals surface area (Å²) in [5.41, 5.74) is 1.12. The van der Waals surface area contributed by atoms with Crippen molar-refractivity contribution in [3.8, 4) is 5.75 Å². The van der Waals surface area contributed by atoms with Gasteiger partial charge in [-0.3, -0.25) is 0 Å². The van der Waals surface area contributed by atoms with Gasteiger partial charge in [-0.25, -0.2) is 0 Å². The van der Waals surface area contributed by atoms with E-state index in [1.807, 2.05) is 31.2 Å². The van der Waals surface area contributed by atoms with Crippen molar-refractivity contribution < 1.29 is 14.2 Å². The molecule has 0 saturated carbocycles. The van der Waals surface area contributed by atoms with E-state index in [4.69, 9.17) is 14.2 Å². The van der Waals surface area contributed by atoms with Gasteiger partial charge in [0.2, 0.25) is 0 Å². The van der Waals surface area contributed by atoms with Crippen LogP contribution in [-0.4, -0.2) is 33.7 Å². The Kier molecular flexibility index (Phi) is 5.97. The molecule has 1 aromatic rings. The number of benzene rings is 1. The molecule has 1 atom stereocenters. The summed E-state index contributed by atoms with van der Waals surface area (Å²) in [6.45, 7) is 2.74. The first-order valence-electron chi connectivity index (χ1n) is 5.63. The first kappa shape index (κ1) is 14.0. The number of nitrogens with one attached hydrogen (secondary N) is 1.